The number of para-hydroxylation sites is 2. The van der Waals surface area contributed by atoms with Gasteiger partial charge in [0, 0.05) is 23.5 Å². The molecule has 4 rings (SSSR count). The van der Waals surface area contributed by atoms with E-state index in [1.54, 1.807) is 42.5 Å². The molecule has 0 fully saturated rings. The molecule has 170 valence electrons. The van der Waals surface area contributed by atoms with E-state index in [9.17, 15) is 18.8 Å². The number of amides is 1. The molecule has 0 spiro atoms. The molecular formula is C25H23FN2O5. The van der Waals surface area contributed by atoms with Gasteiger partial charge in [-0.3, -0.25) is 19.3 Å². The first kappa shape index (κ1) is 22.3. The van der Waals surface area contributed by atoms with Gasteiger partial charge in [0.25, 0.3) is 5.91 Å². The van der Waals surface area contributed by atoms with E-state index in [2.05, 4.69) is 0 Å². The van der Waals surface area contributed by atoms with Crippen molar-refractivity contribution in [2.75, 3.05) is 24.7 Å². The molecule has 7 nitrogen and oxygen atoms in total. The van der Waals surface area contributed by atoms with Crippen molar-refractivity contribution >= 4 is 23.3 Å². The lowest BCUT2D eigenvalue weighted by atomic mass is 10.1. The Bertz CT molecular complexity index is 1220. The number of ketones is 1. The summed E-state index contributed by atoms with van der Waals surface area (Å²) < 4.78 is 25.7. The second-order valence-corrected chi connectivity index (χ2v) is 7.82. The van der Waals surface area contributed by atoms with E-state index in [4.69, 9.17) is 9.47 Å². The Balaban J connectivity index is 1.39. The van der Waals surface area contributed by atoms with Gasteiger partial charge >= 0.3 is 5.97 Å². The van der Waals surface area contributed by atoms with Gasteiger partial charge in [-0.05, 0) is 49.7 Å². The molecule has 0 saturated heterocycles. The van der Waals surface area contributed by atoms with Crippen LogP contribution >= 0.6 is 0 Å². The van der Waals surface area contributed by atoms with Crippen molar-refractivity contribution in [2.24, 2.45) is 0 Å². The number of esters is 1. The molecule has 0 atom stereocenters. The van der Waals surface area contributed by atoms with E-state index < -0.39 is 12.6 Å². The van der Waals surface area contributed by atoms with E-state index in [0.717, 1.165) is 17.0 Å². The maximum absolute atomic E-state index is 13.2. The fourth-order valence-corrected chi connectivity index (χ4v) is 3.82. The summed E-state index contributed by atoms with van der Waals surface area (Å²) in [6.07, 6.45) is 0. The number of aryl methyl sites for hydroxylation is 1. The average Bonchev–Trinajstić information content (AvgIpc) is 3.09. The van der Waals surface area contributed by atoms with Crippen molar-refractivity contribution < 1.29 is 28.2 Å². The lowest BCUT2D eigenvalue weighted by Gasteiger charge is -2.28. The summed E-state index contributed by atoms with van der Waals surface area (Å²) in [5.41, 5.74) is 3.44. The van der Waals surface area contributed by atoms with Crippen molar-refractivity contribution in [1.82, 2.24) is 4.57 Å². The first-order chi connectivity index (χ1) is 15.8. The molecule has 8 heteroatoms. The summed E-state index contributed by atoms with van der Waals surface area (Å²) in [7, 11) is 0. The standard InChI is InChI=1S/C25H23FN2O5/c1-16-11-20(17(2)27(16)12-18-7-9-19(26)10-8-18)22(29)14-33-25(31)13-28-21-5-3-4-6-23(21)32-15-24(28)30/h3-11H,12-15H2,1-2H3. The van der Waals surface area contributed by atoms with Crippen LogP contribution in [0.4, 0.5) is 10.1 Å². The number of nitrogens with zero attached hydrogens (tertiary/aromatic N) is 2. The first-order valence-electron chi connectivity index (χ1n) is 10.5. The Labute approximate surface area is 190 Å². The van der Waals surface area contributed by atoms with Gasteiger partial charge in [-0.1, -0.05) is 24.3 Å². The number of hydrogen-bond acceptors (Lipinski definition) is 5. The fraction of sp³-hybridized carbons (Fsp3) is 0.240. The number of carbonyl (C=O) groups is 3. The van der Waals surface area contributed by atoms with Crippen LogP contribution in [0, 0.1) is 19.7 Å². The third-order valence-electron chi connectivity index (χ3n) is 5.59. The molecule has 0 radical (unpaired) electrons. The second kappa shape index (κ2) is 9.28. The van der Waals surface area contributed by atoms with Crippen molar-refractivity contribution in [2.45, 2.75) is 20.4 Å². The minimum atomic E-state index is -0.687. The summed E-state index contributed by atoms with van der Waals surface area (Å²) in [6.45, 7) is 3.28. The summed E-state index contributed by atoms with van der Waals surface area (Å²) in [6, 6.07) is 14.8. The smallest absolute Gasteiger partial charge is 0.326 e. The van der Waals surface area contributed by atoms with E-state index in [1.165, 1.54) is 17.0 Å². The predicted molar refractivity (Wildman–Crippen MR) is 119 cm³/mol. The van der Waals surface area contributed by atoms with Crippen LogP contribution in [0.15, 0.2) is 54.6 Å². The highest BCUT2D eigenvalue weighted by Crippen LogP contribution is 2.31. The van der Waals surface area contributed by atoms with Crippen LogP contribution in [0.5, 0.6) is 5.75 Å². The quantitative estimate of drug-likeness (QED) is 0.407. The number of anilines is 1. The Morgan fingerprint density at radius 2 is 1.82 bits per heavy atom. The van der Waals surface area contributed by atoms with Gasteiger partial charge in [0.05, 0.1) is 5.69 Å². The third kappa shape index (κ3) is 4.79. The normalized spacial score (nSPS) is 12.8. The lowest BCUT2D eigenvalue weighted by Crippen LogP contribution is -2.42. The molecule has 0 saturated carbocycles. The predicted octanol–water partition coefficient (Wildman–Crippen LogP) is 3.44. The highest BCUT2D eigenvalue weighted by atomic mass is 19.1. The molecule has 1 aliphatic heterocycles. The zero-order valence-electron chi connectivity index (χ0n) is 18.3. The van der Waals surface area contributed by atoms with E-state index in [0.29, 0.717) is 23.5 Å². The van der Waals surface area contributed by atoms with Crippen molar-refractivity contribution in [3.05, 3.63) is 82.9 Å². The number of hydrogen-bond donors (Lipinski definition) is 0. The van der Waals surface area contributed by atoms with Crippen molar-refractivity contribution in [3.8, 4) is 5.75 Å². The van der Waals surface area contributed by atoms with Gasteiger partial charge in [0.1, 0.15) is 18.1 Å². The Kier molecular flexibility index (Phi) is 6.26. The fourth-order valence-electron chi connectivity index (χ4n) is 3.82. The zero-order valence-corrected chi connectivity index (χ0v) is 18.3. The molecule has 2 aromatic carbocycles. The van der Waals surface area contributed by atoms with Gasteiger partial charge in [-0.25, -0.2) is 4.39 Å². The number of benzene rings is 2. The largest absolute Gasteiger partial charge is 0.482 e. The molecule has 0 N–H and O–H groups in total. The highest BCUT2D eigenvalue weighted by Gasteiger charge is 2.28. The number of rotatable bonds is 7. The molecule has 1 aliphatic rings. The molecule has 2 heterocycles. The number of fused-ring (bicyclic) bond motifs is 1. The number of halogens is 1. The number of ether oxygens (including phenoxy) is 2. The number of carbonyl (C=O) groups excluding carboxylic acids is 3. The topological polar surface area (TPSA) is 77.8 Å². The molecule has 1 amide bonds. The SMILES string of the molecule is Cc1cc(C(=O)COC(=O)CN2C(=O)COc3ccccc32)c(C)n1Cc1ccc(F)cc1. The Hall–Kier alpha value is -3.94. The first-order valence-corrected chi connectivity index (χ1v) is 10.5. The van der Waals surface area contributed by atoms with Gasteiger partial charge in [-0.15, -0.1) is 0 Å². The van der Waals surface area contributed by atoms with Gasteiger partial charge in [-0.2, -0.15) is 0 Å². The minimum absolute atomic E-state index is 0.163. The van der Waals surface area contributed by atoms with Gasteiger partial charge < -0.3 is 14.0 Å². The summed E-state index contributed by atoms with van der Waals surface area (Å²) in [5.74, 6) is -1.18. The minimum Gasteiger partial charge on any atom is -0.482 e. The third-order valence-corrected chi connectivity index (χ3v) is 5.59. The maximum Gasteiger partial charge on any atom is 0.326 e. The van der Waals surface area contributed by atoms with Crippen LogP contribution in [0.1, 0.15) is 27.3 Å². The average molecular weight is 450 g/mol. The maximum atomic E-state index is 13.2. The molecule has 1 aromatic heterocycles. The van der Waals surface area contributed by atoms with Crippen molar-refractivity contribution in [3.63, 3.8) is 0 Å². The summed E-state index contributed by atoms with van der Waals surface area (Å²) in [4.78, 5) is 38.6. The summed E-state index contributed by atoms with van der Waals surface area (Å²) >= 11 is 0. The molecule has 3 aromatic rings. The molecule has 0 aliphatic carbocycles. The Morgan fingerprint density at radius 3 is 2.58 bits per heavy atom. The van der Waals surface area contributed by atoms with Gasteiger partial charge in [0.15, 0.2) is 13.2 Å². The van der Waals surface area contributed by atoms with Crippen molar-refractivity contribution in [1.29, 1.82) is 0 Å². The van der Waals surface area contributed by atoms with E-state index >= 15 is 0 Å². The summed E-state index contributed by atoms with van der Waals surface area (Å²) in [5, 5.41) is 0. The number of Topliss-reactive ketones (excluding diaryl/α,β-unsaturated/α-hetero) is 1. The number of aromatic nitrogens is 1. The Morgan fingerprint density at radius 1 is 1.09 bits per heavy atom. The lowest BCUT2D eigenvalue weighted by molar-refractivity contribution is -0.142. The van der Waals surface area contributed by atoms with Crippen LogP contribution in [0.3, 0.4) is 0 Å². The van der Waals surface area contributed by atoms with E-state index in [1.807, 2.05) is 18.4 Å². The van der Waals surface area contributed by atoms with Crippen LogP contribution in [-0.4, -0.2) is 42.0 Å². The molecule has 0 unspecified atom stereocenters. The molecule has 0 bridgehead atoms. The van der Waals surface area contributed by atoms with Crippen LogP contribution < -0.4 is 9.64 Å². The second-order valence-electron chi connectivity index (χ2n) is 7.82. The van der Waals surface area contributed by atoms with E-state index in [-0.39, 0.29) is 30.7 Å². The molecular weight excluding hydrogens is 427 g/mol. The monoisotopic (exact) mass is 450 g/mol. The molecule has 33 heavy (non-hydrogen) atoms. The zero-order chi connectivity index (χ0) is 23.5. The van der Waals surface area contributed by atoms with Crippen LogP contribution in [0.25, 0.3) is 0 Å². The van der Waals surface area contributed by atoms with Crippen LogP contribution in [-0.2, 0) is 20.9 Å². The highest BCUT2D eigenvalue weighted by molar-refractivity contribution is 6.02. The van der Waals surface area contributed by atoms with Crippen LogP contribution in [0.2, 0.25) is 0 Å². The van der Waals surface area contributed by atoms with Gasteiger partial charge in [0.2, 0.25) is 5.78 Å².